The van der Waals surface area contributed by atoms with Crippen LogP contribution >= 0.6 is 11.3 Å². The lowest BCUT2D eigenvalue weighted by Gasteiger charge is -2.03. The molecule has 84 valence electrons. The summed E-state index contributed by atoms with van der Waals surface area (Å²) in [5, 5.41) is 2.77. The van der Waals surface area contributed by atoms with Gasteiger partial charge in [0.15, 0.2) is 0 Å². The van der Waals surface area contributed by atoms with Crippen LogP contribution in [0.15, 0.2) is 23.0 Å². The van der Waals surface area contributed by atoms with E-state index in [0.717, 1.165) is 15.9 Å². The number of amides is 1. The van der Waals surface area contributed by atoms with Gasteiger partial charge in [-0.2, -0.15) is 0 Å². The molecule has 0 atom stereocenters. The van der Waals surface area contributed by atoms with Gasteiger partial charge in [0.1, 0.15) is 0 Å². The highest BCUT2D eigenvalue weighted by atomic mass is 32.1. The van der Waals surface area contributed by atoms with Crippen LogP contribution in [0.25, 0.3) is 10.2 Å². The summed E-state index contributed by atoms with van der Waals surface area (Å²) in [4.78, 5) is 22.6. The van der Waals surface area contributed by atoms with Crippen LogP contribution in [0.5, 0.6) is 0 Å². The van der Waals surface area contributed by atoms with Gasteiger partial charge >= 0.3 is 4.87 Å². The molecule has 0 bridgehead atoms. The fraction of sp³-hybridized carbons (Fsp3) is 0.273. The van der Waals surface area contributed by atoms with E-state index < -0.39 is 0 Å². The molecule has 0 fully saturated rings. The molecule has 1 N–H and O–H groups in total. The van der Waals surface area contributed by atoms with E-state index in [-0.39, 0.29) is 10.8 Å². The van der Waals surface area contributed by atoms with Crippen molar-refractivity contribution >= 4 is 33.1 Å². The third-order valence-electron chi connectivity index (χ3n) is 2.40. The van der Waals surface area contributed by atoms with E-state index in [1.807, 2.05) is 18.2 Å². The van der Waals surface area contributed by atoms with Crippen LogP contribution < -0.4 is 10.2 Å². The van der Waals surface area contributed by atoms with Gasteiger partial charge in [-0.15, -0.1) is 0 Å². The summed E-state index contributed by atoms with van der Waals surface area (Å²) in [5.74, 6) is -0.0253. The van der Waals surface area contributed by atoms with Crippen molar-refractivity contribution in [2.24, 2.45) is 7.05 Å². The van der Waals surface area contributed by atoms with Gasteiger partial charge in [-0.25, -0.2) is 0 Å². The Kier molecular flexibility index (Phi) is 2.78. The largest absolute Gasteiger partial charge is 0.326 e. The second-order valence-corrected chi connectivity index (χ2v) is 4.50. The SMILES string of the molecule is CCC(=O)Nc1ccc2c(c1)sc(=O)n2C. The van der Waals surface area contributed by atoms with Crippen molar-refractivity contribution in [2.75, 3.05) is 5.32 Å². The zero-order valence-corrected chi connectivity index (χ0v) is 9.93. The van der Waals surface area contributed by atoms with Crippen molar-refractivity contribution in [3.8, 4) is 0 Å². The van der Waals surface area contributed by atoms with Gasteiger partial charge in [-0.05, 0) is 18.2 Å². The Labute approximate surface area is 96.5 Å². The standard InChI is InChI=1S/C11H12N2O2S/c1-3-10(14)12-7-4-5-8-9(6-7)16-11(15)13(8)2/h4-6H,3H2,1-2H3,(H,12,14). The molecule has 1 aromatic carbocycles. The third kappa shape index (κ3) is 1.86. The summed E-state index contributed by atoms with van der Waals surface area (Å²) in [6.07, 6.45) is 0.447. The monoisotopic (exact) mass is 236 g/mol. The lowest BCUT2D eigenvalue weighted by atomic mass is 10.3. The molecule has 1 aromatic heterocycles. The van der Waals surface area contributed by atoms with Crippen molar-refractivity contribution < 1.29 is 4.79 Å². The van der Waals surface area contributed by atoms with Gasteiger partial charge < -0.3 is 9.88 Å². The van der Waals surface area contributed by atoms with E-state index in [1.54, 1.807) is 18.5 Å². The number of nitrogens with one attached hydrogen (secondary N) is 1. The molecule has 0 unspecified atom stereocenters. The molecular weight excluding hydrogens is 224 g/mol. The number of rotatable bonds is 2. The Morgan fingerprint density at radius 3 is 2.94 bits per heavy atom. The predicted octanol–water partition coefficient (Wildman–Crippen LogP) is 1.95. The molecule has 16 heavy (non-hydrogen) atoms. The number of carbonyl (C=O) groups excluding carboxylic acids is 1. The molecular formula is C11H12N2O2S. The highest BCUT2D eigenvalue weighted by Crippen LogP contribution is 2.21. The second-order valence-electron chi connectivity index (χ2n) is 3.51. The average Bonchev–Trinajstić information content (AvgIpc) is 2.54. The molecule has 0 aliphatic rings. The first kappa shape index (κ1) is 10.9. The quantitative estimate of drug-likeness (QED) is 0.866. The van der Waals surface area contributed by atoms with E-state index in [2.05, 4.69) is 5.32 Å². The van der Waals surface area contributed by atoms with Gasteiger partial charge in [0.2, 0.25) is 5.91 Å². The Bertz CT molecular complexity index is 598. The zero-order chi connectivity index (χ0) is 11.7. The number of benzene rings is 1. The van der Waals surface area contributed by atoms with Crippen LogP contribution in [-0.2, 0) is 11.8 Å². The molecule has 4 nitrogen and oxygen atoms in total. The summed E-state index contributed by atoms with van der Waals surface area (Å²) in [6.45, 7) is 1.80. The summed E-state index contributed by atoms with van der Waals surface area (Å²) in [6, 6.07) is 5.48. The normalized spacial score (nSPS) is 10.6. The molecule has 2 aromatic rings. The lowest BCUT2D eigenvalue weighted by Crippen LogP contribution is -2.09. The van der Waals surface area contributed by atoms with Crippen LogP contribution in [0.2, 0.25) is 0 Å². The summed E-state index contributed by atoms with van der Waals surface area (Å²) in [7, 11) is 1.74. The van der Waals surface area contributed by atoms with E-state index in [0.29, 0.717) is 6.42 Å². The Balaban J connectivity index is 2.45. The molecule has 0 saturated carbocycles. The minimum Gasteiger partial charge on any atom is -0.326 e. The molecule has 0 aliphatic carbocycles. The van der Waals surface area contributed by atoms with E-state index in [4.69, 9.17) is 0 Å². The number of aromatic nitrogens is 1. The molecule has 2 rings (SSSR count). The second kappa shape index (κ2) is 4.09. The number of hydrogen-bond donors (Lipinski definition) is 1. The van der Waals surface area contributed by atoms with Gasteiger partial charge in [-0.1, -0.05) is 18.3 Å². The van der Waals surface area contributed by atoms with Crippen LogP contribution in [0.4, 0.5) is 5.69 Å². The minimum absolute atomic E-state index is 0.00830. The smallest absolute Gasteiger partial charge is 0.307 e. The topological polar surface area (TPSA) is 51.1 Å². The highest BCUT2D eigenvalue weighted by Gasteiger charge is 2.05. The molecule has 1 amide bonds. The van der Waals surface area contributed by atoms with Gasteiger partial charge in [-0.3, -0.25) is 9.59 Å². The highest BCUT2D eigenvalue weighted by molar-refractivity contribution is 7.16. The summed E-state index contributed by atoms with van der Waals surface area (Å²) >= 11 is 1.18. The maximum atomic E-state index is 11.4. The van der Waals surface area contributed by atoms with E-state index in [1.165, 1.54) is 11.3 Å². The molecule has 1 heterocycles. The maximum Gasteiger partial charge on any atom is 0.307 e. The molecule has 5 heteroatoms. The number of carbonyl (C=O) groups is 1. The summed E-state index contributed by atoms with van der Waals surface area (Å²) < 4.78 is 2.49. The van der Waals surface area contributed by atoms with Crippen molar-refractivity contribution in [3.05, 3.63) is 27.9 Å². The Hall–Kier alpha value is -1.62. The van der Waals surface area contributed by atoms with Crippen LogP contribution in [0.1, 0.15) is 13.3 Å². The van der Waals surface area contributed by atoms with Crippen molar-refractivity contribution in [1.29, 1.82) is 0 Å². The van der Waals surface area contributed by atoms with Crippen LogP contribution in [-0.4, -0.2) is 10.5 Å². The lowest BCUT2D eigenvalue weighted by molar-refractivity contribution is -0.115. The van der Waals surface area contributed by atoms with E-state index in [9.17, 15) is 9.59 Å². The third-order valence-corrected chi connectivity index (χ3v) is 3.39. The van der Waals surface area contributed by atoms with Gasteiger partial charge in [0, 0.05) is 19.2 Å². The number of anilines is 1. The molecule has 0 spiro atoms. The maximum absolute atomic E-state index is 11.4. The Morgan fingerprint density at radius 2 is 2.25 bits per heavy atom. The van der Waals surface area contributed by atoms with Gasteiger partial charge in [0.05, 0.1) is 10.2 Å². The number of aryl methyl sites for hydroxylation is 1. The minimum atomic E-state index is -0.0253. The van der Waals surface area contributed by atoms with Crippen LogP contribution in [0, 0.1) is 0 Å². The van der Waals surface area contributed by atoms with Crippen molar-refractivity contribution in [3.63, 3.8) is 0 Å². The molecule has 0 radical (unpaired) electrons. The van der Waals surface area contributed by atoms with E-state index >= 15 is 0 Å². The number of nitrogens with zero attached hydrogens (tertiary/aromatic N) is 1. The van der Waals surface area contributed by atoms with Crippen molar-refractivity contribution in [1.82, 2.24) is 4.57 Å². The van der Waals surface area contributed by atoms with Crippen molar-refractivity contribution in [2.45, 2.75) is 13.3 Å². The molecule has 0 saturated heterocycles. The first-order valence-corrected chi connectivity index (χ1v) is 5.83. The number of fused-ring (bicyclic) bond motifs is 1. The average molecular weight is 236 g/mol. The van der Waals surface area contributed by atoms with Gasteiger partial charge in [0.25, 0.3) is 0 Å². The Morgan fingerprint density at radius 1 is 1.50 bits per heavy atom. The first-order chi connectivity index (χ1) is 7.61. The number of thiazole rings is 1. The summed E-state index contributed by atoms with van der Waals surface area (Å²) in [5.41, 5.74) is 1.63. The fourth-order valence-electron chi connectivity index (χ4n) is 1.46. The fourth-order valence-corrected chi connectivity index (χ4v) is 2.38. The molecule has 0 aliphatic heterocycles. The zero-order valence-electron chi connectivity index (χ0n) is 9.11. The number of hydrogen-bond acceptors (Lipinski definition) is 3. The van der Waals surface area contributed by atoms with Crippen LogP contribution in [0.3, 0.4) is 0 Å². The predicted molar refractivity (Wildman–Crippen MR) is 66.0 cm³/mol. The first-order valence-electron chi connectivity index (χ1n) is 5.01.